The Labute approximate surface area is 225 Å². The molecule has 220 valence electrons. The number of nitrogens with one attached hydrogen (secondary N) is 1. The summed E-state index contributed by atoms with van der Waals surface area (Å²) in [6, 6.07) is 0. The zero-order valence-electron chi connectivity index (χ0n) is 23.2. The molecular formula is C25H46N4O9. The summed E-state index contributed by atoms with van der Waals surface area (Å²) in [7, 11) is 0. The molecule has 0 aliphatic carbocycles. The van der Waals surface area contributed by atoms with Gasteiger partial charge in [-0.3, -0.25) is 0 Å². The van der Waals surface area contributed by atoms with Crippen LogP contribution in [0.5, 0.6) is 0 Å². The maximum atomic E-state index is 10.4. The van der Waals surface area contributed by atoms with E-state index in [0.29, 0.717) is 66.0 Å². The lowest BCUT2D eigenvalue weighted by Gasteiger charge is -2.41. The van der Waals surface area contributed by atoms with Gasteiger partial charge in [-0.05, 0) is 20.8 Å². The van der Waals surface area contributed by atoms with Crippen LogP contribution in [0.25, 0.3) is 0 Å². The number of fused-ring (bicyclic) bond motifs is 2. The molecule has 1 aromatic rings. The third kappa shape index (κ3) is 10.0. The van der Waals surface area contributed by atoms with Gasteiger partial charge in [-0.15, -0.1) is 5.10 Å². The number of ether oxygens (including phenoxy) is 7. The van der Waals surface area contributed by atoms with E-state index in [9.17, 15) is 10.2 Å². The molecule has 38 heavy (non-hydrogen) atoms. The van der Waals surface area contributed by atoms with E-state index in [-0.39, 0.29) is 24.7 Å². The fourth-order valence-electron chi connectivity index (χ4n) is 4.11. The highest BCUT2D eigenvalue weighted by Gasteiger charge is 2.57. The predicted molar refractivity (Wildman–Crippen MR) is 135 cm³/mol. The van der Waals surface area contributed by atoms with Crippen molar-refractivity contribution in [1.82, 2.24) is 20.3 Å². The highest BCUT2D eigenvalue weighted by molar-refractivity contribution is 5.02. The molecule has 5 atom stereocenters. The van der Waals surface area contributed by atoms with Crippen molar-refractivity contribution >= 4 is 0 Å². The Morgan fingerprint density at radius 2 is 1.66 bits per heavy atom. The molecule has 2 fully saturated rings. The Morgan fingerprint density at radius 3 is 2.34 bits per heavy atom. The number of aliphatic hydroxyl groups excluding tert-OH is 2. The number of aromatic nitrogens is 3. The molecule has 0 unspecified atom stereocenters. The van der Waals surface area contributed by atoms with Crippen molar-refractivity contribution < 1.29 is 43.4 Å². The van der Waals surface area contributed by atoms with Gasteiger partial charge in [-0.2, -0.15) is 0 Å². The molecule has 2 aliphatic rings. The van der Waals surface area contributed by atoms with Crippen molar-refractivity contribution in [2.75, 3.05) is 72.6 Å². The standard InChI is InChI=1S/C25H46N4O9/c1-19-21(30)22(31)25(18-37-23(19)38-25)17-36-14-13-34-12-11-33-10-9-32-8-6-29-15-20(27-28-29)16-35-7-5-26-24(2,3)4/h15,19,21-23,26,30-31H,5-14,16-18H2,1-4H3/t19-,21-,22-,23+,25+/m1/s1. The summed E-state index contributed by atoms with van der Waals surface area (Å²) in [5.74, 6) is -0.284. The summed E-state index contributed by atoms with van der Waals surface area (Å²) in [6.45, 7) is 14.0. The number of rotatable bonds is 19. The van der Waals surface area contributed by atoms with E-state index in [1.54, 1.807) is 11.6 Å². The summed E-state index contributed by atoms with van der Waals surface area (Å²) < 4.78 is 40.9. The van der Waals surface area contributed by atoms with Gasteiger partial charge in [0.05, 0.1) is 91.5 Å². The number of aliphatic hydroxyl groups is 2. The molecule has 3 N–H and O–H groups in total. The van der Waals surface area contributed by atoms with Crippen LogP contribution in [0.2, 0.25) is 0 Å². The molecule has 13 nitrogen and oxygen atoms in total. The first-order valence-electron chi connectivity index (χ1n) is 13.4. The largest absolute Gasteiger partial charge is 0.390 e. The fraction of sp³-hybridized carbons (Fsp3) is 0.920. The highest BCUT2D eigenvalue weighted by Crippen LogP contribution is 2.39. The van der Waals surface area contributed by atoms with Gasteiger partial charge in [0.2, 0.25) is 0 Å². The third-order valence-corrected chi connectivity index (χ3v) is 6.34. The summed E-state index contributed by atoms with van der Waals surface area (Å²) in [5.41, 5.74) is -0.141. The molecule has 1 aromatic heterocycles. The van der Waals surface area contributed by atoms with Crippen LogP contribution in [-0.4, -0.2) is 127 Å². The highest BCUT2D eigenvalue weighted by atomic mass is 16.7. The lowest BCUT2D eigenvalue weighted by molar-refractivity contribution is -0.248. The van der Waals surface area contributed by atoms with Gasteiger partial charge in [-0.1, -0.05) is 12.1 Å². The fourth-order valence-corrected chi connectivity index (χ4v) is 4.11. The minimum Gasteiger partial charge on any atom is -0.390 e. The minimum atomic E-state index is -1.05. The number of hydrogen-bond donors (Lipinski definition) is 3. The second-order valence-electron chi connectivity index (χ2n) is 10.7. The van der Waals surface area contributed by atoms with Crippen LogP contribution in [0.4, 0.5) is 0 Å². The summed E-state index contributed by atoms with van der Waals surface area (Å²) in [5, 5.41) is 32.1. The third-order valence-electron chi connectivity index (χ3n) is 6.34. The quantitative estimate of drug-likeness (QED) is 0.196. The molecular weight excluding hydrogens is 500 g/mol. The Morgan fingerprint density at radius 1 is 1.00 bits per heavy atom. The smallest absolute Gasteiger partial charge is 0.163 e. The monoisotopic (exact) mass is 546 g/mol. The van der Waals surface area contributed by atoms with E-state index in [1.807, 2.05) is 6.20 Å². The van der Waals surface area contributed by atoms with Gasteiger partial charge in [0.1, 0.15) is 17.4 Å². The molecule has 0 amide bonds. The zero-order chi connectivity index (χ0) is 27.4. The maximum Gasteiger partial charge on any atom is 0.163 e. The molecule has 3 heterocycles. The lowest BCUT2D eigenvalue weighted by Crippen LogP contribution is -2.60. The molecule has 3 rings (SSSR count). The van der Waals surface area contributed by atoms with E-state index in [2.05, 4.69) is 36.4 Å². The van der Waals surface area contributed by atoms with Crippen molar-refractivity contribution in [3.05, 3.63) is 11.9 Å². The van der Waals surface area contributed by atoms with Gasteiger partial charge in [0.25, 0.3) is 0 Å². The lowest BCUT2D eigenvalue weighted by atomic mass is 9.86. The number of hydrogen-bond acceptors (Lipinski definition) is 12. The van der Waals surface area contributed by atoms with Crippen LogP contribution in [-0.2, 0) is 46.3 Å². The van der Waals surface area contributed by atoms with Crippen molar-refractivity contribution in [2.45, 2.75) is 70.5 Å². The van der Waals surface area contributed by atoms with Crippen LogP contribution in [0.15, 0.2) is 6.20 Å². The van der Waals surface area contributed by atoms with E-state index in [1.165, 1.54) is 0 Å². The average Bonchev–Trinajstić information content (AvgIpc) is 3.50. The predicted octanol–water partition coefficient (Wildman–Crippen LogP) is -0.268. The average molecular weight is 547 g/mol. The van der Waals surface area contributed by atoms with Crippen LogP contribution < -0.4 is 5.32 Å². The van der Waals surface area contributed by atoms with Crippen molar-refractivity contribution in [3.8, 4) is 0 Å². The van der Waals surface area contributed by atoms with Crippen LogP contribution in [0, 0.1) is 5.92 Å². The maximum absolute atomic E-state index is 10.4. The summed E-state index contributed by atoms with van der Waals surface area (Å²) in [4.78, 5) is 0. The van der Waals surface area contributed by atoms with Gasteiger partial charge < -0.3 is 48.7 Å². The minimum absolute atomic E-state index is 0.0834. The van der Waals surface area contributed by atoms with Crippen molar-refractivity contribution in [3.63, 3.8) is 0 Å². The molecule has 2 saturated heterocycles. The Kier molecular flexibility index (Phi) is 12.8. The Hall–Kier alpha value is -1.26. The number of nitrogens with zero attached hydrogens (tertiary/aromatic N) is 3. The topological polar surface area (TPSA) is 148 Å². The van der Waals surface area contributed by atoms with Crippen molar-refractivity contribution in [1.29, 1.82) is 0 Å². The second kappa shape index (κ2) is 15.5. The van der Waals surface area contributed by atoms with Gasteiger partial charge in [-0.25, -0.2) is 4.68 Å². The van der Waals surface area contributed by atoms with E-state index in [4.69, 9.17) is 33.2 Å². The van der Waals surface area contributed by atoms with Gasteiger partial charge in [0, 0.05) is 18.0 Å². The van der Waals surface area contributed by atoms with Gasteiger partial charge in [0.15, 0.2) is 6.29 Å². The first kappa shape index (κ1) is 31.3. The van der Waals surface area contributed by atoms with Gasteiger partial charge >= 0.3 is 0 Å². The van der Waals surface area contributed by atoms with E-state index < -0.39 is 24.1 Å². The van der Waals surface area contributed by atoms with Crippen LogP contribution in [0.1, 0.15) is 33.4 Å². The SMILES string of the molecule is C[C@H]1[C@H]2OC[C@](COCCOCCOCCOCCn3cc(COCCNC(C)(C)C)nn3)(O2)[C@H](O)[C@@H]1O. The molecule has 0 radical (unpaired) electrons. The zero-order valence-corrected chi connectivity index (χ0v) is 23.2. The molecule has 2 bridgehead atoms. The van der Waals surface area contributed by atoms with E-state index >= 15 is 0 Å². The molecule has 0 saturated carbocycles. The van der Waals surface area contributed by atoms with Crippen LogP contribution >= 0.6 is 0 Å². The molecule has 13 heteroatoms. The first-order chi connectivity index (χ1) is 18.2. The summed E-state index contributed by atoms with van der Waals surface area (Å²) in [6.07, 6.45) is -0.595. The summed E-state index contributed by atoms with van der Waals surface area (Å²) >= 11 is 0. The van der Waals surface area contributed by atoms with E-state index in [0.717, 1.165) is 12.2 Å². The van der Waals surface area contributed by atoms with Crippen LogP contribution in [0.3, 0.4) is 0 Å². The molecule has 0 spiro atoms. The Bertz CT molecular complexity index is 793. The Balaban J connectivity index is 1.09. The van der Waals surface area contributed by atoms with Crippen molar-refractivity contribution in [2.24, 2.45) is 5.92 Å². The first-order valence-corrected chi connectivity index (χ1v) is 13.4. The molecule has 0 aromatic carbocycles. The second-order valence-corrected chi connectivity index (χ2v) is 10.7. The normalized spacial score (nSPS) is 27.3. The molecule has 2 aliphatic heterocycles.